The molecule has 0 bridgehead atoms. The molecule has 1 aromatic carbocycles. The molecule has 0 aliphatic carbocycles. The van der Waals surface area contributed by atoms with E-state index in [4.69, 9.17) is 21.4 Å². The first-order valence-electron chi connectivity index (χ1n) is 6.19. The number of carboxylic acids is 1. The standard InChI is InChI=1S/C14H15ClO6/c1-3-21-14(20)9-5-4-8(11(16)7(2)15)6-10(9)12(17)13(18)19/h4-7,12,17H,3H2,1-2H3,(H,18,19). The zero-order chi connectivity index (χ0) is 16.2. The topological polar surface area (TPSA) is 101 Å². The Morgan fingerprint density at radius 2 is 1.95 bits per heavy atom. The quantitative estimate of drug-likeness (QED) is 0.471. The van der Waals surface area contributed by atoms with Gasteiger partial charge in [0.05, 0.1) is 17.5 Å². The Morgan fingerprint density at radius 1 is 1.33 bits per heavy atom. The number of carbonyl (C=O) groups excluding carboxylic acids is 2. The lowest BCUT2D eigenvalue weighted by atomic mass is 9.97. The van der Waals surface area contributed by atoms with Crippen molar-refractivity contribution in [3.05, 3.63) is 34.9 Å². The molecule has 114 valence electrons. The number of rotatable bonds is 6. The number of hydrogen-bond acceptors (Lipinski definition) is 5. The van der Waals surface area contributed by atoms with E-state index < -0.39 is 29.2 Å². The summed E-state index contributed by atoms with van der Waals surface area (Å²) in [7, 11) is 0. The molecule has 0 aromatic heterocycles. The fourth-order valence-corrected chi connectivity index (χ4v) is 1.83. The van der Waals surface area contributed by atoms with Crippen LogP contribution >= 0.6 is 11.6 Å². The summed E-state index contributed by atoms with van der Waals surface area (Å²) >= 11 is 5.69. The molecule has 0 spiro atoms. The number of aliphatic carboxylic acids is 1. The number of ether oxygens (including phenoxy) is 1. The van der Waals surface area contributed by atoms with Crippen LogP contribution in [0.15, 0.2) is 18.2 Å². The summed E-state index contributed by atoms with van der Waals surface area (Å²) < 4.78 is 4.79. The Balaban J connectivity index is 3.36. The van der Waals surface area contributed by atoms with Crippen LogP contribution in [-0.2, 0) is 9.53 Å². The van der Waals surface area contributed by atoms with Crippen molar-refractivity contribution < 1.29 is 29.3 Å². The lowest BCUT2D eigenvalue weighted by Gasteiger charge is -2.13. The van der Waals surface area contributed by atoms with Gasteiger partial charge in [-0.2, -0.15) is 0 Å². The maximum atomic E-state index is 11.8. The smallest absolute Gasteiger partial charge is 0.338 e. The van der Waals surface area contributed by atoms with Crippen molar-refractivity contribution in [3.63, 3.8) is 0 Å². The van der Waals surface area contributed by atoms with Gasteiger partial charge in [0.25, 0.3) is 0 Å². The van der Waals surface area contributed by atoms with E-state index >= 15 is 0 Å². The van der Waals surface area contributed by atoms with E-state index in [2.05, 4.69) is 0 Å². The van der Waals surface area contributed by atoms with Crippen molar-refractivity contribution in [2.45, 2.75) is 25.3 Å². The molecule has 6 nitrogen and oxygen atoms in total. The van der Waals surface area contributed by atoms with E-state index in [1.807, 2.05) is 0 Å². The van der Waals surface area contributed by atoms with Crippen molar-refractivity contribution in [3.8, 4) is 0 Å². The maximum absolute atomic E-state index is 11.8. The van der Waals surface area contributed by atoms with E-state index in [9.17, 15) is 19.5 Å². The predicted octanol–water partition coefficient (Wildman–Crippen LogP) is 1.79. The van der Waals surface area contributed by atoms with Gasteiger partial charge >= 0.3 is 11.9 Å². The number of aliphatic hydroxyl groups is 1. The summed E-state index contributed by atoms with van der Waals surface area (Å²) in [6, 6.07) is 3.73. The number of Topliss-reactive ketones (excluding diaryl/α,β-unsaturated/α-hetero) is 1. The molecule has 0 radical (unpaired) electrons. The van der Waals surface area contributed by atoms with Gasteiger partial charge in [-0.15, -0.1) is 11.6 Å². The molecule has 0 amide bonds. The molecule has 0 heterocycles. The normalized spacial score (nSPS) is 13.3. The number of esters is 1. The van der Waals surface area contributed by atoms with Crippen molar-refractivity contribution in [2.75, 3.05) is 6.61 Å². The van der Waals surface area contributed by atoms with Crippen LogP contribution in [0.25, 0.3) is 0 Å². The Hall–Kier alpha value is -1.92. The number of ketones is 1. The molecule has 1 rings (SSSR count). The monoisotopic (exact) mass is 314 g/mol. The largest absolute Gasteiger partial charge is 0.479 e. The van der Waals surface area contributed by atoms with E-state index in [1.165, 1.54) is 19.1 Å². The molecule has 2 unspecified atom stereocenters. The van der Waals surface area contributed by atoms with Gasteiger partial charge in [-0.25, -0.2) is 9.59 Å². The minimum atomic E-state index is -1.94. The van der Waals surface area contributed by atoms with Crippen molar-refractivity contribution in [1.29, 1.82) is 0 Å². The van der Waals surface area contributed by atoms with Crippen molar-refractivity contribution in [1.82, 2.24) is 0 Å². The van der Waals surface area contributed by atoms with Gasteiger partial charge in [0, 0.05) is 11.1 Å². The maximum Gasteiger partial charge on any atom is 0.338 e. The van der Waals surface area contributed by atoms with Crippen LogP contribution in [0, 0.1) is 0 Å². The average Bonchev–Trinajstić information content (AvgIpc) is 2.44. The summed E-state index contributed by atoms with van der Waals surface area (Å²) in [6.07, 6.45) is -1.94. The molecule has 21 heavy (non-hydrogen) atoms. The van der Waals surface area contributed by atoms with E-state index in [0.717, 1.165) is 6.07 Å². The minimum absolute atomic E-state index is 0.0981. The van der Waals surface area contributed by atoms with Crippen molar-refractivity contribution in [2.24, 2.45) is 0 Å². The second-order valence-corrected chi connectivity index (χ2v) is 4.90. The van der Waals surface area contributed by atoms with Crippen LogP contribution in [0.4, 0.5) is 0 Å². The highest BCUT2D eigenvalue weighted by Gasteiger charge is 2.25. The second-order valence-electron chi connectivity index (χ2n) is 4.24. The second kappa shape index (κ2) is 7.19. The highest BCUT2D eigenvalue weighted by atomic mass is 35.5. The molecular weight excluding hydrogens is 300 g/mol. The first kappa shape index (κ1) is 17.1. The SMILES string of the molecule is CCOC(=O)c1ccc(C(=O)C(C)Cl)cc1C(O)C(=O)O. The van der Waals surface area contributed by atoms with E-state index in [0.29, 0.717) is 0 Å². The van der Waals surface area contributed by atoms with Crippen LogP contribution in [0.5, 0.6) is 0 Å². The highest BCUT2D eigenvalue weighted by Crippen LogP contribution is 2.23. The summed E-state index contributed by atoms with van der Waals surface area (Å²) in [4.78, 5) is 34.5. The molecule has 0 saturated heterocycles. The zero-order valence-electron chi connectivity index (χ0n) is 11.5. The minimum Gasteiger partial charge on any atom is -0.479 e. The number of hydrogen-bond donors (Lipinski definition) is 2. The first-order chi connectivity index (χ1) is 9.79. The number of aliphatic hydroxyl groups excluding tert-OH is 1. The molecule has 2 N–H and O–H groups in total. The third-order valence-corrected chi connectivity index (χ3v) is 2.92. The van der Waals surface area contributed by atoms with Gasteiger partial charge in [0.15, 0.2) is 11.9 Å². The molecule has 1 aromatic rings. The van der Waals surface area contributed by atoms with Crippen LogP contribution in [-0.4, -0.2) is 39.9 Å². The van der Waals surface area contributed by atoms with Crippen LogP contribution in [0.3, 0.4) is 0 Å². The molecule has 2 atom stereocenters. The summed E-state index contributed by atoms with van der Waals surface area (Å²) in [5, 5.41) is 17.8. The highest BCUT2D eigenvalue weighted by molar-refractivity contribution is 6.33. The Labute approximate surface area is 126 Å². The lowest BCUT2D eigenvalue weighted by Crippen LogP contribution is -2.18. The molecule has 0 aliphatic heterocycles. The number of carbonyl (C=O) groups is 3. The number of benzene rings is 1. The summed E-state index contributed by atoms with van der Waals surface area (Å²) in [6.45, 7) is 3.16. The summed E-state index contributed by atoms with van der Waals surface area (Å²) in [5.74, 6) is -2.75. The summed E-state index contributed by atoms with van der Waals surface area (Å²) in [5.41, 5.74) is -0.199. The molecule has 0 aliphatic rings. The predicted molar refractivity (Wildman–Crippen MR) is 74.6 cm³/mol. The fraction of sp³-hybridized carbons (Fsp3) is 0.357. The van der Waals surface area contributed by atoms with Gasteiger partial charge in [-0.3, -0.25) is 4.79 Å². The number of alkyl halides is 1. The first-order valence-corrected chi connectivity index (χ1v) is 6.63. The fourth-order valence-electron chi connectivity index (χ4n) is 1.70. The zero-order valence-corrected chi connectivity index (χ0v) is 12.3. The van der Waals surface area contributed by atoms with Gasteiger partial charge in [-0.05, 0) is 26.0 Å². The van der Waals surface area contributed by atoms with Crippen molar-refractivity contribution >= 4 is 29.3 Å². The third-order valence-electron chi connectivity index (χ3n) is 2.72. The van der Waals surface area contributed by atoms with Gasteiger partial charge in [0.1, 0.15) is 0 Å². The molecule has 0 saturated carbocycles. The molecule has 7 heteroatoms. The lowest BCUT2D eigenvalue weighted by molar-refractivity contribution is -0.146. The van der Waals surface area contributed by atoms with E-state index in [-0.39, 0.29) is 23.3 Å². The number of carboxylic acid groups (broad SMARTS) is 1. The van der Waals surface area contributed by atoms with Crippen LogP contribution < -0.4 is 0 Å². The number of halogens is 1. The van der Waals surface area contributed by atoms with Crippen LogP contribution in [0.1, 0.15) is 46.2 Å². The molecule has 0 fully saturated rings. The van der Waals surface area contributed by atoms with Gasteiger partial charge in [-0.1, -0.05) is 6.07 Å². The molecular formula is C14H15ClO6. The Kier molecular flexibility index (Phi) is 5.87. The Morgan fingerprint density at radius 3 is 2.43 bits per heavy atom. The van der Waals surface area contributed by atoms with Crippen LogP contribution in [0.2, 0.25) is 0 Å². The van der Waals surface area contributed by atoms with E-state index in [1.54, 1.807) is 6.92 Å². The third kappa shape index (κ3) is 4.03. The van der Waals surface area contributed by atoms with Gasteiger partial charge in [0.2, 0.25) is 0 Å². The Bertz CT molecular complexity index is 567. The average molecular weight is 315 g/mol. The van der Waals surface area contributed by atoms with Gasteiger partial charge < -0.3 is 14.9 Å².